The topological polar surface area (TPSA) is 39.7 Å². The second-order valence-corrected chi connectivity index (χ2v) is 5.79. The van der Waals surface area contributed by atoms with E-state index in [0.717, 1.165) is 5.56 Å². The number of halogens is 1. The highest BCUT2D eigenvalue weighted by atomic mass is 19.1. The molecule has 0 radical (unpaired) electrons. The molecule has 120 valence electrons. The Balaban J connectivity index is 2.51. The van der Waals surface area contributed by atoms with Crippen LogP contribution >= 0.6 is 0 Å². The first-order chi connectivity index (χ1) is 9.94. The van der Waals surface area contributed by atoms with E-state index >= 15 is 0 Å². The summed E-state index contributed by atoms with van der Waals surface area (Å²) in [6.45, 7) is 8.53. The molecule has 0 heterocycles. The number of rotatable bonds is 9. The zero-order chi connectivity index (χ0) is 15.7. The van der Waals surface area contributed by atoms with Crippen LogP contribution in [-0.4, -0.2) is 39.1 Å². The Hall–Kier alpha value is -1.17. The number of hydrogen-bond donors (Lipinski definition) is 1. The number of nitrogens with one attached hydrogen (secondary N) is 1. The summed E-state index contributed by atoms with van der Waals surface area (Å²) in [5, 5.41) is 3.33. The van der Waals surface area contributed by atoms with Gasteiger partial charge in [0.15, 0.2) is 11.6 Å². The molecule has 1 aromatic rings. The number of benzene rings is 1. The third-order valence-electron chi connectivity index (χ3n) is 2.76. The normalized spacial score (nSPS) is 11.7. The summed E-state index contributed by atoms with van der Waals surface area (Å²) in [4.78, 5) is 0. The van der Waals surface area contributed by atoms with Gasteiger partial charge in [0.2, 0.25) is 0 Å². The Labute approximate surface area is 126 Å². The Bertz CT molecular complexity index is 418. The van der Waals surface area contributed by atoms with Crippen LogP contribution in [0.25, 0.3) is 0 Å². The van der Waals surface area contributed by atoms with Gasteiger partial charge in [-0.15, -0.1) is 0 Å². The van der Waals surface area contributed by atoms with Crippen LogP contribution in [0.4, 0.5) is 4.39 Å². The third-order valence-corrected chi connectivity index (χ3v) is 2.76. The first-order valence-electron chi connectivity index (χ1n) is 7.16. The van der Waals surface area contributed by atoms with Gasteiger partial charge in [0, 0.05) is 24.8 Å². The summed E-state index contributed by atoms with van der Waals surface area (Å²) in [5.74, 6) is -0.0512. The van der Waals surface area contributed by atoms with Crippen LogP contribution in [0.3, 0.4) is 0 Å². The lowest BCUT2D eigenvalue weighted by Gasteiger charge is -2.21. The predicted molar refractivity (Wildman–Crippen MR) is 81.2 cm³/mol. The Kier molecular flexibility index (Phi) is 7.64. The summed E-state index contributed by atoms with van der Waals surface area (Å²) < 4.78 is 29.6. The Morgan fingerprint density at radius 2 is 1.81 bits per heavy atom. The van der Waals surface area contributed by atoms with E-state index in [0.29, 0.717) is 38.7 Å². The lowest BCUT2D eigenvalue weighted by atomic mass is 10.1. The van der Waals surface area contributed by atoms with E-state index in [4.69, 9.17) is 14.2 Å². The van der Waals surface area contributed by atoms with Crippen molar-refractivity contribution >= 4 is 0 Å². The van der Waals surface area contributed by atoms with Gasteiger partial charge in [0.1, 0.15) is 6.61 Å². The molecule has 0 saturated heterocycles. The van der Waals surface area contributed by atoms with Crippen molar-refractivity contribution in [3.8, 4) is 5.75 Å². The van der Waals surface area contributed by atoms with Crippen LogP contribution in [0.2, 0.25) is 0 Å². The smallest absolute Gasteiger partial charge is 0.165 e. The Morgan fingerprint density at radius 1 is 1.10 bits per heavy atom. The van der Waals surface area contributed by atoms with E-state index in [1.165, 1.54) is 6.07 Å². The van der Waals surface area contributed by atoms with Gasteiger partial charge in [-0.3, -0.25) is 0 Å². The quantitative estimate of drug-likeness (QED) is 0.712. The molecule has 0 atom stereocenters. The van der Waals surface area contributed by atoms with Crippen LogP contribution in [0.15, 0.2) is 18.2 Å². The first-order valence-corrected chi connectivity index (χ1v) is 7.16. The van der Waals surface area contributed by atoms with Crippen LogP contribution < -0.4 is 10.1 Å². The van der Waals surface area contributed by atoms with E-state index in [1.54, 1.807) is 13.2 Å². The Morgan fingerprint density at radius 3 is 2.48 bits per heavy atom. The zero-order valence-electron chi connectivity index (χ0n) is 13.4. The zero-order valence-corrected chi connectivity index (χ0v) is 13.4. The molecule has 1 N–H and O–H groups in total. The fourth-order valence-corrected chi connectivity index (χ4v) is 1.66. The van der Waals surface area contributed by atoms with Gasteiger partial charge < -0.3 is 19.5 Å². The maximum atomic E-state index is 13.9. The summed E-state index contributed by atoms with van der Waals surface area (Å²) in [5.41, 5.74) is 0.772. The van der Waals surface area contributed by atoms with E-state index in [-0.39, 0.29) is 11.4 Å². The van der Waals surface area contributed by atoms with Gasteiger partial charge in [0.25, 0.3) is 0 Å². The predicted octanol–water partition coefficient (Wildman–Crippen LogP) is 2.76. The molecule has 0 spiro atoms. The minimum absolute atomic E-state index is 0.0349. The van der Waals surface area contributed by atoms with Gasteiger partial charge in [-0.1, -0.05) is 12.1 Å². The maximum Gasteiger partial charge on any atom is 0.165 e. The van der Waals surface area contributed by atoms with Crippen LogP contribution in [0, 0.1) is 5.82 Å². The van der Waals surface area contributed by atoms with Gasteiger partial charge in [0.05, 0.1) is 19.8 Å². The van der Waals surface area contributed by atoms with Crippen LogP contribution in [-0.2, 0) is 16.0 Å². The molecular formula is C16H26FNO3. The summed E-state index contributed by atoms with van der Waals surface area (Å²) in [7, 11) is 1.62. The summed E-state index contributed by atoms with van der Waals surface area (Å²) in [6, 6.07) is 4.96. The second kappa shape index (κ2) is 8.97. The van der Waals surface area contributed by atoms with Gasteiger partial charge in [-0.2, -0.15) is 0 Å². The maximum absolute atomic E-state index is 13.9. The number of para-hydroxylation sites is 1. The van der Waals surface area contributed by atoms with E-state index in [9.17, 15) is 4.39 Å². The van der Waals surface area contributed by atoms with Crippen molar-refractivity contribution in [2.75, 3.05) is 33.5 Å². The largest absolute Gasteiger partial charge is 0.488 e. The molecule has 4 nitrogen and oxygen atoms in total. The molecule has 0 aliphatic carbocycles. The van der Waals surface area contributed by atoms with Crippen molar-refractivity contribution in [1.82, 2.24) is 5.32 Å². The van der Waals surface area contributed by atoms with Crippen molar-refractivity contribution < 1.29 is 18.6 Å². The molecule has 1 aromatic carbocycles. The second-order valence-electron chi connectivity index (χ2n) is 5.79. The number of ether oxygens (including phenoxy) is 3. The van der Waals surface area contributed by atoms with Crippen molar-refractivity contribution in [3.63, 3.8) is 0 Å². The van der Waals surface area contributed by atoms with E-state index < -0.39 is 0 Å². The summed E-state index contributed by atoms with van der Waals surface area (Å²) >= 11 is 0. The standard InChI is InChI=1S/C16H26FNO3/c1-16(2,3)18-12-13-6-5-7-14(17)15(13)21-11-10-20-9-8-19-4/h5-7,18H,8-12H2,1-4H3. The number of hydrogen-bond acceptors (Lipinski definition) is 4. The first kappa shape index (κ1) is 17.9. The van der Waals surface area contributed by atoms with Crippen molar-refractivity contribution in [3.05, 3.63) is 29.6 Å². The lowest BCUT2D eigenvalue weighted by Crippen LogP contribution is -2.35. The minimum Gasteiger partial charge on any atom is -0.488 e. The van der Waals surface area contributed by atoms with Crippen molar-refractivity contribution in [1.29, 1.82) is 0 Å². The molecule has 0 bridgehead atoms. The fraction of sp³-hybridized carbons (Fsp3) is 0.625. The van der Waals surface area contributed by atoms with Gasteiger partial charge >= 0.3 is 0 Å². The van der Waals surface area contributed by atoms with Crippen LogP contribution in [0.1, 0.15) is 26.3 Å². The summed E-state index contributed by atoms with van der Waals surface area (Å²) in [6.07, 6.45) is 0. The van der Waals surface area contributed by atoms with E-state index in [2.05, 4.69) is 26.1 Å². The van der Waals surface area contributed by atoms with Crippen molar-refractivity contribution in [2.45, 2.75) is 32.9 Å². The fourth-order valence-electron chi connectivity index (χ4n) is 1.66. The number of methoxy groups -OCH3 is 1. The van der Waals surface area contributed by atoms with E-state index in [1.807, 2.05) is 6.07 Å². The average Bonchev–Trinajstić information content (AvgIpc) is 2.41. The average molecular weight is 299 g/mol. The molecule has 0 amide bonds. The molecule has 1 rings (SSSR count). The highest BCUT2D eigenvalue weighted by molar-refractivity contribution is 5.35. The van der Waals surface area contributed by atoms with Crippen LogP contribution in [0.5, 0.6) is 5.75 Å². The molecule has 0 fully saturated rings. The monoisotopic (exact) mass is 299 g/mol. The SMILES string of the molecule is COCCOCCOc1c(F)cccc1CNC(C)(C)C. The molecule has 0 aliphatic rings. The molecule has 0 unspecified atom stereocenters. The van der Waals surface area contributed by atoms with Gasteiger partial charge in [-0.25, -0.2) is 4.39 Å². The highest BCUT2D eigenvalue weighted by Gasteiger charge is 2.13. The lowest BCUT2D eigenvalue weighted by molar-refractivity contribution is 0.0536. The molecule has 0 aromatic heterocycles. The molecular weight excluding hydrogens is 273 g/mol. The minimum atomic E-state index is -0.347. The molecule has 0 saturated carbocycles. The van der Waals surface area contributed by atoms with Gasteiger partial charge in [-0.05, 0) is 26.8 Å². The van der Waals surface area contributed by atoms with Crippen molar-refractivity contribution in [2.24, 2.45) is 0 Å². The molecule has 5 heteroatoms. The molecule has 21 heavy (non-hydrogen) atoms. The third kappa shape index (κ3) is 7.41. The molecule has 0 aliphatic heterocycles. The highest BCUT2D eigenvalue weighted by Crippen LogP contribution is 2.23.